The fraction of sp³-hybridized carbons (Fsp3) is 0.595. The highest BCUT2D eigenvalue weighted by atomic mass is 16.7. The Labute approximate surface area is 298 Å². The Balaban J connectivity index is 1.34. The first kappa shape index (κ1) is 37.5. The number of ether oxygens (including phenoxy) is 5. The molecule has 51 heavy (non-hydrogen) atoms. The second-order valence-electron chi connectivity index (χ2n) is 14.4. The number of carbonyl (C=O) groups is 5. The summed E-state index contributed by atoms with van der Waals surface area (Å²) in [4.78, 5) is 70.6. The summed E-state index contributed by atoms with van der Waals surface area (Å²) in [6.07, 6.45) is 4.88. The van der Waals surface area contributed by atoms with Crippen molar-refractivity contribution in [2.45, 2.75) is 115 Å². The molecule has 5 atom stereocenters. The zero-order valence-corrected chi connectivity index (χ0v) is 30.0. The van der Waals surface area contributed by atoms with Crippen LogP contribution in [0.15, 0.2) is 37.4 Å². The maximum absolute atomic E-state index is 14.3. The average Bonchev–Trinajstić information content (AvgIpc) is 3.40. The second kappa shape index (κ2) is 15.6. The van der Waals surface area contributed by atoms with Gasteiger partial charge in [0.25, 0.3) is 0 Å². The van der Waals surface area contributed by atoms with Crippen LogP contribution in [0.25, 0.3) is 0 Å². The Hall–Kier alpha value is -4.75. The quantitative estimate of drug-likeness (QED) is 0.122. The smallest absolute Gasteiger partial charge is 0.410 e. The number of esters is 1. The van der Waals surface area contributed by atoms with Crippen LogP contribution in [0.4, 0.5) is 9.59 Å². The van der Waals surface area contributed by atoms with Crippen molar-refractivity contribution >= 4 is 30.0 Å². The van der Waals surface area contributed by atoms with E-state index in [0.29, 0.717) is 43.9 Å². The molecule has 278 valence electrons. The zero-order valence-electron chi connectivity index (χ0n) is 30.0. The Morgan fingerprint density at radius 3 is 2.33 bits per heavy atom. The van der Waals surface area contributed by atoms with Gasteiger partial charge in [0.1, 0.15) is 29.3 Å². The van der Waals surface area contributed by atoms with Crippen molar-refractivity contribution in [1.82, 2.24) is 20.4 Å². The average molecular weight is 711 g/mol. The Kier molecular flexibility index (Phi) is 11.5. The molecule has 3 heterocycles. The van der Waals surface area contributed by atoms with E-state index in [1.54, 1.807) is 33.8 Å². The molecule has 1 aliphatic carbocycles. The summed E-state index contributed by atoms with van der Waals surface area (Å²) in [5, 5.41) is 5.56. The van der Waals surface area contributed by atoms with Gasteiger partial charge in [0.05, 0.1) is 13.2 Å². The molecule has 14 heteroatoms. The van der Waals surface area contributed by atoms with Gasteiger partial charge in [0.15, 0.2) is 11.5 Å². The summed E-state index contributed by atoms with van der Waals surface area (Å²) in [6.45, 7) is 15.2. The molecule has 1 aromatic carbocycles. The summed E-state index contributed by atoms with van der Waals surface area (Å²) in [7, 11) is 0. The summed E-state index contributed by atoms with van der Waals surface area (Å²) in [5.41, 5.74) is -0.287. The topological polar surface area (TPSA) is 162 Å². The number of hydrogen-bond acceptors (Lipinski definition) is 10. The number of nitrogens with one attached hydrogen (secondary N) is 2. The highest BCUT2D eigenvalue weighted by molar-refractivity contribution is 5.96. The molecule has 2 fully saturated rings. The van der Waals surface area contributed by atoms with E-state index in [4.69, 9.17) is 23.7 Å². The minimum absolute atomic E-state index is 0.0176. The fourth-order valence-electron chi connectivity index (χ4n) is 6.80. The van der Waals surface area contributed by atoms with Crippen molar-refractivity contribution in [3.63, 3.8) is 0 Å². The van der Waals surface area contributed by atoms with Crippen LogP contribution < -0.4 is 20.1 Å². The molecule has 4 amide bonds. The molecule has 5 rings (SSSR count). The van der Waals surface area contributed by atoms with Gasteiger partial charge in [-0.05, 0) is 76.6 Å². The third-order valence-corrected chi connectivity index (χ3v) is 9.47. The number of amides is 4. The molecule has 1 saturated carbocycles. The number of benzene rings is 1. The fourth-order valence-corrected chi connectivity index (χ4v) is 6.80. The molecule has 14 nitrogen and oxygen atoms in total. The molecular weight excluding hydrogens is 660 g/mol. The Morgan fingerprint density at radius 2 is 1.75 bits per heavy atom. The van der Waals surface area contributed by atoms with Crippen molar-refractivity contribution in [1.29, 1.82) is 0 Å². The van der Waals surface area contributed by atoms with E-state index in [1.807, 2.05) is 18.2 Å². The van der Waals surface area contributed by atoms with E-state index in [9.17, 15) is 24.0 Å². The van der Waals surface area contributed by atoms with Crippen molar-refractivity contribution < 1.29 is 47.7 Å². The summed E-state index contributed by atoms with van der Waals surface area (Å²) < 4.78 is 27.6. The number of nitrogens with zero attached hydrogens (tertiary/aromatic N) is 2. The van der Waals surface area contributed by atoms with E-state index >= 15 is 0 Å². The molecule has 3 aliphatic heterocycles. The van der Waals surface area contributed by atoms with Gasteiger partial charge in [0.2, 0.25) is 18.6 Å². The molecule has 0 bridgehead atoms. The SMILES string of the molecule is C=CCCCCC[C@H](NC(=O)OC(C)(C)C)C(=O)N1C[C@H](OC(=O)N2Cc3cc4c(cc3C2)OCO4)C[C@H]1C(=O)N[C@]1(C(=O)OCC)C[C@H]1C=C. The van der Waals surface area contributed by atoms with Crippen molar-refractivity contribution in [3.05, 3.63) is 48.6 Å². The van der Waals surface area contributed by atoms with Crippen LogP contribution in [-0.4, -0.2) is 89.0 Å². The lowest BCUT2D eigenvalue weighted by molar-refractivity contribution is -0.150. The predicted octanol–water partition coefficient (Wildman–Crippen LogP) is 4.49. The maximum Gasteiger partial charge on any atom is 0.410 e. The van der Waals surface area contributed by atoms with E-state index < -0.39 is 59.3 Å². The second-order valence-corrected chi connectivity index (χ2v) is 14.4. The maximum atomic E-state index is 14.3. The lowest BCUT2D eigenvalue weighted by atomic mass is 10.0. The number of likely N-dealkylation sites (tertiary alicyclic amines) is 1. The molecule has 0 aromatic heterocycles. The summed E-state index contributed by atoms with van der Waals surface area (Å²) in [5.74, 6) is -0.801. The summed E-state index contributed by atoms with van der Waals surface area (Å²) >= 11 is 0. The lowest BCUT2D eigenvalue weighted by Gasteiger charge is -2.30. The molecule has 0 spiro atoms. The van der Waals surface area contributed by atoms with Gasteiger partial charge < -0.3 is 39.2 Å². The van der Waals surface area contributed by atoms with Crippen LogP contribution >= 0.6 is 0 Å². The minimum Gasteiger partial charge on any atom is -0.464 e. The highest BCUT2D eigenvalue weighted by Crippen LogP contribution is 2.46. The van der Waals surface area contributed by atoms with Gasteiger partial charge in [-0.2, -0.15) is 0 Å². The molecule has 1 saturated heterocycles. The zero-order chi connectivity index (χ0) is 36.9. The Morgan fingerprint density at radius 1 is 1.06 bits per heavy atom. The number of hydrogen-bond donors (Lipinski definition) is 2. The standard InChI is InChI=1S/C37H50N4O10/c1-7-10-11-12-13-14-27(38-34(45)51-36(4,5)6)32(43)41-21-26(17-28(41)31(42)39-37(18-25(37)8-2)33(44)47-9-3)50-35(46)40-19-23-15-29-30(49-22-48-29)16-24(23)20-40/h7-8,15-16,25-28H,1-2,9-14,17-22H2,3-6H3,(H,38,45)(H,39,42)/t25-,26-,27+,28+,37-/m1/s1. The largest absolute Gasteiger partial charge is 0.464 e. The first-order valence-corrected chi connectivity index (χ1v) is 17.7. The number of carbonyl (C=O) groups excluding carboxylic acids is 5. The third-order valence-electron chi connectivity index (χ3n) is 9.47. The molecular formula is C37H50N4O10. The number of unbranched alkanes of at least 4 members (excludes halogenated alkanes) is 3. The Bertz CT molecular complexity index is 1510. The van der Waals surface area contributed by atoms with Crippen molar-refractivity contribution in [2.75, 3.05) is 19.9 Å². The van der Waals surface area contributed by atoms with Crippen LogP contribution in [0, 0.1) is 5.92 Å². The van der Waals surface area contributed by atoms with Gasteiger partial charge >= 0.3 is 18.2 Å². The van der Waals surface area contributed by atoms with E-state index in [0.717, 1.165) is 30.4 Å². The number of fused-ring (bicyclic) bond motifs is 2. The van der Waals surface area contributed by atoms with Gasteiger partial charge in [-0.25, -0.2) is 14.4 Å². The van der Waals surface area contributed by atoms with Crippen LogP contribution in [0.1, 0.15) is 83.8 Å². The summed E-state index contributed by atoms with van der Waals surface area (Å²) in [6, 6.07) is 1.58. The van der Waals surface area contributed by atoms with E-state index in [2.05, 4.69) is 23.8 Å². The third kappa shape index (κ3) is 8.77. The number of rotatable bonds is 14. The molecule has 0 unspecified atom stereocenters. The van der Waals surface area contributed by atoms with Crippen LogP contribution in [0.5, 0.6) is 11.5 Å². The van der Waals surface area contributed by atoms with Crippen LogP contribution in [0.3, 0.4) is 0 Å². The van der Waals surface area contributed by atoms with Crippen LogP contribution in [-0.2, 0) is 41.7 Å². The van der Waals surface area contributed by atoms with Crippen molar-refractivity contribution in [3.8, 4) is 11.5 Å². The lowest BCUT2D eigenvalue weighted by Crippen LogP contribution is -2.56. The van der Waals surface area contributed by atoms with Gasteiger partial charge in [-0.15, -0.1) is 13.2 Å². The molecule has 4 aliphatic rings. The molecule has 1 aromatic rings. The van der Waals surface area contributed by atoms with Gasteiger partial charge in [-0.3, -0.25) is 14.5 Å². The van der Waals surface area contributed by atoms with Crippen LogP contribution in [0.2, 0.25) is 0 Å². The van der Waals surface area contributed by atoms with E-state index in [1.165, 1.54) is 9.80 Å². The van der Waals surface area contributed by atoms with Gasteiger partial charge in [-0.1, -0.05) is 25.0 Å². The predicted molar refractivity (Wildman–Crippen MR) is 184 cm³/mol. The van der Waals surface area contributed by atoms with Gasteiger partial charge in [0, 0.05) is 25.4 Å². The minimum atomic E-state index is -1.30. The molecule has 2 N–H and O–H groups in total. The number of alkyl carbamates (subject to hydrolysis) is 1. The normalized spacial score (nSPS) is 23.5. The van der Waals surface area contributed by atoms with Crippen molar-refractivity contribution in [2.24, 2.45) is 5.92 Å². The van der Waals surface area contributed by atoms with E-state index in [-0.39, 0.29) is 32.3 Å². The first-order chi connectivity index (χ1) is 24.3. The highest BCUT2D eigenvalue weighted by Gasteiger charge is 2.62. The first-order valence-electron chi connectivity index (χ1n) is 17.7. The molecule has 0 radical (unpaired) electrons. The monoisotopic (exact) mass is 710 g/mol. The number of allylic oxidation sites excluding steroid dienone is 1.